The van der Waals surface area contributed by atoms with Crippen LogP contribution in [0.1, 0.15) is 11.1 Å². The zero-order chi connectivity index (χ0) is 17.3. The summed E-state index contributed by atoms with van der Waals surface area (Å²) in [4.78, 5) is 8.63. The van der Waals surface area contributed by atoms with Crippen molar-refractivity contribution in [1.29, 1.82) is 0 Å². The molecule has 3 rings (SSSR count). The highest BCUT2D eigenvalue weighted by molar-refractivity contribution is 6.28. The summed E-state index contributed by atoms with van der Waals surface area (Å²) in [5, 5.41) is 4.33. The Morgan fingerprint density at radius 3 is 2.42 bits per heavy atom. The highest BCUT2D eigenvalue weighted by Crippen LogP contribution is 2.35. The van der Waals surface area contributed by atoms with Gasteiger partial charge in [-0.05, 0) is 48.7 Å². The number of hydrogen-bond donors (Lipinski definition) is 1. The SMILES string of the molecule is COc1cc2nc(Cl)nc(Nc3cccc(C)c3C)c2cc1OC. The quantitative estimate of drug-likeness (QED) is 0.698. The lowest BCUT2D eigenvalue weighted by Crippen LogP contribution is -2.00. The summed E-state index contributed by atoms with van der Waals surface area (Å²) in [5.74, 6) is 1.83. The number of nitrogens with one attached hydrogen (secondary N) is 1. The number of fused-ring (bicyclic) bond motifs is 1. The van der Waals surface area contributed by atoms with Gasteiger partial charge in [0.1, 0.15) is 5.82 Å². The van der Waals surface area contributed by atoms with E-state index in [2.05, 4.69) is 35.2 Å². The molecule has 1 aromatic heterocycles. The zero-order valence-electron chi connectivity index (χ0n) is 14.0. The van der Waals surface area contributed by atoms with E-state index in [1.807, 2.05) is 18.2 Å². The minimum Gasteiger partial charge on any atom is -0.493 e. The van der Waals surface area contributed by atoms with Gasteiger partial charge in [0.05, 0.1) is 19.7 Å². The second kappa shape index (κ2) is 6.53. The van der Waals surface area contributed by atoms with Crippen molar-refractivity contribution in [3.8, 4) is 11.5 Å². The molecule has 0 aliphatic rings. The highest BCUT2D eigenvalue weighted by atomic mass is 35.5. The number of aryl methyl sites for hydroxylation is 1. The van der Waals surface area contributed by atoms with Gasteiger partial charge in [0.25, 0.3) is 0 Å². The van der Waals surface area contributed by atoms with Crippen LogP contribution in [0.4, 0.5) is 11.5 Å². The molecular weight excluding hydrogens is 326 g/mol. The van der Waals surface area contributed by atoms with Crippen LogP contribution in [0.5, 0.6) is 11.5 Å². The fourth-order valence-corrected chi connectivity index (χ4v) is 2.71. The number of rotatable bonds is 4. The summed E-state index contributed by atoms with van der Waals surface area (Å²) >= 11 is 6.10. The molecule has 0 amide bonds. The standard InChI is InChI=1S/C18H18ClN3O2/c1-10-6-5-7-13(11(10)2)20-17-12-8-15(23-3)16(24-4)9-14(12)21-18(19)22-17/h5-9H,1-4H3,(H,20,21,22). The van der Waals surface area contributed by atoms with Crippen LogP contribution < -0.4 is 14.8 Å². The van der Waals surface area contributed by atoms with Gasteiger partial charge in [0, 0.05) is 17.1 Å². The summed E-state index contributed by atoms with van der Waals surface area (Å²) in [6, 6.07) is 9.71. The fourth-order valence-electron chi connectivity index (χ4n) is 2.54. The molecule has 1 N–H and O–H groups in total. The van der Waals surface area contributed by atoms with Crippen molar-refractivity contribution in [2.45, 2.75) is 13.8 Å². The maximum atomic E-state index is 6.10. The predicted molar refractivity (Wildman–Crippen MR) is 96.9 cm³/mol. The number of methoxy groups -OCH3 is 2. The third-order valence-corrected chi connectivity index (χ3v) is 4.20. The predicted octanol–water partition coefficient (Wildman–Crippen LogP) is 4.66. The van der Waals surface area contributed by atoms with Gasteiger partial charge in [-0.2, -0.15) is 4.98 Å². The van der Waals surface area contributed by atoms with Gasteiger partial charge in [-0.3, -0.25) is 0 Å². The average Bonchev–Trinajstić information content (AvgIpc) is 2.57. The largest absolute Gasteiger partial charge is 0.493 e. The van der Waals surface area contributed by atoms with Crippen LogP contribution in [0.2, 0.25) is 5.28 Å². The normalized spacial score (nSPS) is 10.7. The number of ether oxygens (including phenoxy) is 2. The van der Waals surface area contributed by atoms with Gasteiger partial charge in [-0.1, -0.05) is 12.1 Å². The van der Waals surface area contributed by atoms with Gasteiger partial charge in [0.15, 0.2) is 11.5 Å². The van der Waals surface area contributed by atoms with Crippen LogP contribution >= 0.6 is 11.6 Å². The maximum Gasteiger partial charge on any atom is 0.224 e. The molecular formula is C18H18ClN3O2. The first-order valence-electron chi connectivity index (χ1n) is 7.46. The number of nitrogens with zero attached hydrogens (tertiary/aromatic N) is 2. The molecule has 0 bridgehead atoms. The molecule has 2 aromatic carbocycles. The summed E-state index contributed by atoms with van der Waals surface area (Å²) < 4.78 is 10.7. The first-order valence-corrected chi connectivity index (χ1v) is 7.83. The molecule has 1 heterocycles. The summed E-state index contributed by atoms with van der Waals surface area (Å²) in [6.45, 7) is 4.13. The van der Waals surface area contributed by atoms with Crippen LogP contribution in [0, 0.1) is 13.8 Å². The van der Waals surface area contributed by atoms with E-state index in [0.717, 1.165) is 16.6 Å². The van der Waals surface area contributed by atoms with E-state index < -0.39 is 0 Å². The number of aromatic nitrogens is 2. The Kier molecular flexibility index (Phi) is 4.44. The van der Waals surface area contributed by atoms with Crippen molar-refractivity contribution >= 4 is 34.0 Å². The fraction of sp³-hybridized carbons (Fsp3) is 0.222. The molecule has 0 fully saturated rings. The molecule has 6 heteroatoms. The molecule has 0 saturated heterocycles. The lowest BCUT2D eigenvalue weighted by molar-refractivity contribution is 0.356. The van der Waals surface area contributed by atoms with Crippen molar-refractivity contribution in [3.05, 3.63) is 46.7 Å². The minimum atomic E-state index is 0.169. The van der Waals surface area contributed by atoms with E-state index in [0.29, 0.717) is 22.8 Å². The lowest BCUT2D eigenvalue weighted by Gasteiger charge is -2.14. The van der Waals surface area contributed by atoms with Crippen LogP contribution in [0.25, 0.3) is 10.9 Å². The Morgan fingerprint density at radius 1 is 1.00 bits per heavy atom. The minimum absolute atomic E-state index is 0.169. The highest BCUT2D eigenvalue weighted by Gasteiger charge is 2.13. The first kappa shape index (κ1) is 16.3. The molecule has 0 radical (unpaired) electrons. The zero-order valence-corrected chi connectivity index (χ0v) is 14.7. The Bertz CT molecular complexity index is 912. The maximum absolute atomic E-state index is 6.10. The van der Waals surface area contributed by atoms with E-state index in [1.165, 1.54) is 5.56 Å². The molecule has 0 spiro atoms. The topological polar surface area (TPSA) is 56.3 Å². The number of benzene rings is 2. The van der Waals surface area contributed by atoms with E-state index in [-0.39, 0.29) is 5.28 Å². The smallest absolute Gasteiger partial charge is 0.224 e. The third-order valence-electron chi connectivity index (χ3n) is 4.03. The summed E-state index contributed by atoms with van der Waals surface area (Å²) in [6.07, 6.45) is 0. The van der Waals surface area contributed by atoms with Gasteiger partial charge < -0.3 is 14.8 Å². The van der Waals surface area contributed by atoms with E-state index in [1.54, 1.807) is 20.3 Å². The van der Waals surface area contributed by atoms with Crippen molar-refractivity contribution in [1.82, 2.24) is 9.97 Å². The monoisotopic (exact) mass is 343 g/mol. The van der Waals surface area contributed by atoms with Crippen molar-refractivity contribution < 1.29 is 9.47 Å². The first-order chi connectivity index (χ1) is 11.5. The molecule has 124 valence electrons. The van der Waals surface area contributed by atoms with Gasteiger partial charge in [-0.25, -0.2) is 4.98 Å². The van der Waals surface area contributed by atoms with Gasteiger partial charge in [-0.15, -0.1) is 0 Å². The average molecular weight is 344 g/mol. The number of halogens is 1. The molecule has 5 nitrogen and oxygen atoms in total. The second-order valence-electron chi connectivity index (χ2n) is 5.44. The van der Waals surface area contributed by atoms with Crippen molar-refractivity contribution in [2.24, 2.45) is 0 Å². The molecule has 24 heavy (non-hydrogen) atoms. The molecule has 3 aromatic rings. The Balaban J connectivity index is 2.18. The molecule has 0 atom stereocenters. The van der Waals surface area contributed by atoms with E-state index in [4.69, 9.17) is 21.1 Å². The van der Waals surface area contributed by atoms with E-state index in [9.17, 15) is 0 Å². The van der Waals surface area contributed by atoms with Crippen LogP contribution in [-0.4, -0.2) is 24.2 Å². The number of anilines is 2. The molecule has 0 unspecified atom stereocenters. The molecule has 0 aliphatic heterocycles. The summed E-state index contributed by atoms with van der Waals surface area (Å²) in [5.41, 5.74) is 4.01. The molecule has 0 saturated carbocycles. The van der Waals surface area contributed by atoms with Gasteiger partial charge in [0.2, 0.25) is 5.28 Å². The van der Waals surface area contributed by atoms with Crippen LogP contribution in [0.3, 0.4) is 0 Å². The molecule has 0 aliphatic carbocycles. The second-order valence-corrected chi connectivity index (χ2v) is 5.78. The Labute approximate surface area is 145 Å². The Hall–Kier alpha value is -2.53. The van der Waals surface area contributed by atoms with Crippen molar-refractivity contribution in [3.63, 3.8) is 0 Å². The third kappa shape index (κ3) is 2.95. The lowest BCUT2D eigenvalue weighted by atomic mass is 10.1. The van der Waals surface area contributed by atoms with Crippen molar-refractivity contribution in [2.75, 3.05) is 19.5 Å². The summed E-state index contributed by atoms with van der Waals surface area (Å²) in [7, 11) is 3.18. The Morgan fingerprint density at radius 2 is 1.71 bits per heavy atom. The van der Waals surface area contributed by atoms with Crippen LogP contribution in [0.15, 0.2) is 30.3 Å². The van der Waals surface area contributed by atoms with E-state index >= 15 is 0 Å². The van der Waals surface area contributed by atoms with Crippen LogP contribution in [-0.2, 0) is 0 Å². The van der Waals surface area contributed by atoms with Gasteiger partial charge >= 0.3 is 0 Å². The number of hydrogen-bond acceptors (Lipinski definition) is 5.